The van der Waals surface area contributed by atoms with Crippen LogP contribution in [0.25, 0.3) is 0 Å². The minimum Gasteiger partial charge on any atom is -0.303 e. The predicted molar refractivity (Wildman–Crippen MR) is 67.3 cm³/mol. The smallest absolute Gasteiger partial charge is 0.260 e. The van der Waals surface area contributed by atoms with Crippen molar-refractivity contribution in [3.8, 4) is 0 Å². The Morgan fingerprint density at radius 2 is 1.76 bits per heavy atom. The van der Waals surface area contributed by atoms with Crippen LogP contribution in [-0.4, -0.2) is 13.0 Å². The summed E-state index contributed by atoms with van der Waals surface area (Å²) in [5, 5.41) is 2.99. The molecule has 17 heavy (non-hydrogen) atoms. The number of hydrogen-bond acceptors (Lipinski definition) is 1. The highest BCUT2D eigenvalue weighted by Gasteiger charge is 2.41. The van der Waals surface area contributed by atoms with E-state index in [2.05, 4.69) is 5.32 Å². The Balaban J connectivity index is 3.14. The molecule has 3 heteroatoms. The van der Waals surface area contributed by atoms with Crippen LogP contribution < -0.4 is 5.32 Å². The fraction of sp³-hybridized carbons (Fsp3) is 0.571. The molecule has 96 valence electrons. The SMILES string of the molecule is CCNC(CC(C)C)(c1ccccc1)C(F)F. The first-order chi connectivity index (χ1) is 8.03. The van der Waals surface area contributed by atoms with E-state index in [4.69, 9.17) is 0 Å². The van der Waals surface area contributed by atoms with Gasteiger partial charge in [-0.15, -0.1) is 0 Å². The number of rotatable bonds is 6. The van der Waals surface area contributed by atoms with Crippen LogP contribution in [0, 0.1) is 5.92 Å². The lowest BCUT2D eigenvalue weighted by Gasteiger charge is -2.36. The molecule has 1 rings (SSSR count). The molecule has 0 aliphatic rings. The molecule has 1 nitrogen and oxygen atoms in total. The fourth-order valence-corrected chi connectivity index (χ4v) is 2.28. The van der Waals surface area contributed by atoms with Gasteiger partial charge in [-0.3, -0.25) is 0 Å². The molecule has 0 amide bonds. The van der Waals surface area contributed by atoms with Gasteiger partial charge in [0, 0.05) is 0 Å². The molecule has 1 aromatic rings. The number of alkyl halides is 2. The molecule has 1 N–H and O–H groups in total. The highest BCUT2D eigenvalue weighted by molar-refractivity contribution is 5.25. The highest BCUT2D eigenvalue weighted by Crippen LogP contribution is 2.34. The largest absolute Gasteiger partial charge is 0.303 e. The lowest BCUT2D eigenvalue weighted by molar-refractivity contribution is 0.0148. The van der Waals surface area contributed by atoms with Gasteiger partial charge in [0.25, 0.3) is 6.43 Å². The van der Waals surface area contributed by atoms with Crippen molar-refractivity contribution < 1.29 is 8.78 Å². The van der Waals surface area contributed by atoms with Crippen molar-refractivity contribution in [3.05, 3.63) is 35.9 Å². The molecule has 0 aliphatic heterocycles. The average Bonchev–Trinajstić information content (AvgIpc) is 2.28. The summed E-state index contributed by atoms with van der Waals surface area (Å²) in [6, 6.07) is 9.02. The second kappa shape index (κ2) is 6.10. The lowest BCUT2D eigenvalue weighted by Crippen LogP contribution is -2.49. The zero-order valence-electron chi connectivity index (χ0n) is 10.7. The van der Waals surface area contributed by atoms with Crippen molar-refractivity contribution in [1.82, 2.24) is 5.32 Å². The fourth-order valence-electron chi connectivity index (χ4n) is 2.28. The monoisotopic (exact) mass is 241 g/mol. The Morgan fingerprint density at radius 1 is 1.18 bits per heavy atom. The average molecular weight is 241 g/mol. The van der Waals surface area contributed by atoms with Gasteiger partial charge < -0.3 is 5.32 Å². The minimum atomic E-state index is -2.41. The van der Waals surface area contributed by atoms with Gasteiger partial charge in [0.15, 0.2) is 0 Å². The van der Waals surface area contributed by atoms with Crippen LogP contribution in [0.4, 0.5) is 8.78 Å². The van der Waals surface area contributed by atoms with Crippen molar-refractivity contribution >= 4 is 0 Å². The first-order valence-electron chi connectivity index (χ1n) is 6.11. The molecule has 0 saturated heterocycles. The predicted octanol–water partition coefficient (Wildman–Crippen LogP) is 3.80. The third-order valence-corrected chi connectivity index (χ3v) is 2.88. The van der Waals surface area contributed by atoms with E-state index in [1.54, 1.807) is 12.1 Å². The first-order valence-corrected chi connectivity index (χ1v) is 6.11. The van der Waals surface area contributed by atoms with Gasteiger partial charge in [-0.1, -0.05) is 51.1 Å². The Labute approximate surface area is 102 Å². The normalized spacial score (nSPS) is 15.2. The van der Waals surface area contributed by atoms with Crippen LogP contribution in [0.3, 0.4) is 0 Å². The van der Waals surface area contributed by atoms with Crippen molar-refractivity contribution in [2.75, 3.05) is 6.54 Å². The van der Waals surface area contributed by atoms with Crippen molar-refractivity contribution in [1.29, 1.82) is 0 Å². The summed E-state index contributed by atoms with van der Waals surface area (Å²) in [4.78, 5) is 0. The molecular formula is C14H21F2N. The molecule has 0 aromatic heterocycles. The zero-order chi connectivity index (χ0) is 12.9. The quantitative estimate of drug-likeness (QED) is 0.798. The second-order valence-corrected chi connectivity index (χ2v) is 4.77. The van der Waals surface area contributed by atoms with Gasteiger partial charge in [-0.25, -0.2) is 8.78 Å². The van der Waals surface area contributed by atoms with Crippen LogP contribution >= 0.6 is 0 Å². The van der Waals surface area contributed by atoms with E-state index in [9.17, 15) is 8.78 Å². The minimum absolute atomic E-state index is 0.211. The maximum Gasteiger partial charge on any atom is 0.260 e. The van der Waals surface area contributed by atoms with E-state index in [1.165, 1.54) is 0 Å². The Morgan fingerprint density at radius 3 is 2.18 bits per heavy atom. The highest BCUT2D eigenvalue weighted by atomic mass is 19.3. The van der Waals surface area contributed by atoms with E-state index in [1.807, 2.05) is 39.0 Å². The number of nitrogens with one attached hydrogen (secondary N) is 1. The van der Waals surface area contributed by atoms with Crippen LogP contribution in [0.1, 0.15) is 32.8 Å². The second-order valence-electron chi connectivity index (χ2n) is 4.77. The Bertz CT molecular complexity index is 324. The van der Waals surface area contributed by atoms with Gasteiger partial charge in [0.2, 0.25) is 0 Å². The van der Waals surface area contributed by atoms with Crippen molar-refractivity contribution in [2.45, 2.75) is 39.2 Å². The zero-order valence-corrected chi connectivity index (χ0v) is 10.7. The van der Waals surface area contributed by atoms with E-state index >= 15 is 0 Å². The van der Waals surface area contributed by atoms with E-state index in [0.717, 1.165) is 0 Å². The molecule has 1 unspecified atom stereocenters. The summed E-state index contributed by atoms with van der Waals surface area (Å²) in [5.74, 6) is 0.211. The van der Waals surface area contributed by atoms with Gasteiger partial charge in [-0.05, 0) is 24.4 Å². The summed E-state index contributed by atoms with van der Waals surface area (Å²) >= 11 is 0. The number of hydrogen-bond donors (Lipinski definition) is 1. The molecule has 0 radical (unpaired) electrons. The molecule has 0 spiro atoms. The van der Waals surface area contributed by atoms with Crippen LogP contribution in [0.5, 0.6) is 0 Å². The number of benzene rings is 1. The summed E-state index contributed by atoms with van der Waals surface area (Å²) in [6.45, 7) is 6.33. The third kappa shape index (κ3) is 3.25. The van der Waals surface area contributed by atoms with Crippen LogP contribution in [-0.2, 0) is 5.54 Å². The molecule has 1 aromatic carbocycles. The van der Waals surface area contributed by atoms with E-state index in [-0.39, 0.29) is 5.92 Å². The summed E-state index contributed by atoms with van der Waals surface area (Å²) < 4.78 is 27.0. The molecule has 0 aliphatic carbocycles. The first kappa shape index (κ1) is 14.1. The molecule has 0 fully saturated rings. The molecule has 0 heterocycles. The summed E-state index contributed by atoms with van der Waals surface area (Å²) in [7, 11) is 0. The van der Waals surface area contributed by atoms with Gasteiger partial charge in [0.1, 0.15) is 5.54 Å². The Kier molecular flexibility index (Phi) is 5.06. The maximum absolute atomic E-state index is 13.5. The molecular weight excluding hydrogens is 220 g/mol. The van der Waals surface area contributed by atoms with Crippen LogP contribution in [0.2, 0.25) is 0 Å². The topological polar surface area (TPSA) is 12.0 Å². The molecule has 1 atom stereocenters. The lowest BCUT2D eigenvalue weighted by atomic mass is 9.82. The molecule has 0 bridgehead atoms. The van der Waals surface area contributed by atoms with Crippen LogP contribution in [0.15, 0.2) is 30.3 Å². The van der Waals surface area contributed by atoms with Gasteiger partial charge >= 0.3 is 0 Å². The third-order valence-electron chi connectivity index (χ3n) is 2.88. The van der Waals surface area contributed by atoms with Crippen molar-refractivity contribution in [3.63, 3.8) is 0 Å². The van der Waals surface area contributed by atoms with E-state index < -0.39 is 12.0 Å². The molecule has 0 saturated carbocycles. The Hall–Kier alpha value is -0.960. The maximum atomic E-state index is 13.5. The standard InChI is InChI=1S/C14H21F2N/c1-4-17-14(13(15)16,10-11(2)3)12-8-6-5-7-9-12/h5-9,11,13,17H,4,10H2,1-3H3. The van der Waals surface area contributed by atoms with Crippen molar-refractivity contribution in [2.24, 2.45) is 5.92 Å². The van der Waals surface area contributed by atoms with Gasteiger partial charge in [-0.2, -0.15) is 0 Å². The number of halogens is 2. The van der Waals surface area contributed by atoms with Gasteiger partial charge in [0.05, 0.1) is 0 Å². The van der Waals surface area contributed by atoms with E-state index in [0.29, 0.717) is 18.5 Å². The summed E-state index contributed by atoms with van der Waals surface area (Å²) in [6.07, 6.45) is -1.98. The summed E-state index contributed by atoms with van der Waals surface area (Å²) in [5.41, 5.74) is -0.546.